The molecule has 6 heteroatoms. The van der Waals surface area contributed by atoms with E-state index in [9.17, 15) is 5.11 Å². The van der Waals surface area contributed by atoms with Crippen LogP contribution >= 0.6 is 24.0 Å². The maximum atomic E-state index is 9.42. The Kier molecular flexibility index (Phi) is 13.8. The number of aliphatic imine (C=N–C) groups is 1. The number of nitrogens with zero attached hydrogens (tertiary/aromatic N) is 1. The largest absolute Gasteiger partial charge is 0.396 e. The summed E-state index contributed by atoms with van der Waals surface area (Å²) >= 11 is 0. The molecule has 0 atom stereocenters. The molecular weight excluding hydrogens is 477 g/mol. The van der Waals surface area contributed by atoms with Crippen LogP contribution in [0.25, 0.3) is 0 Å². The highest BCUT2D eigenvalue weighted by Gasteiger charge is 2.25. The van der Waals surface area contributed by atoms with Gasteiger partial charge in [-0.3, -0.25) is 0 Å². The molecule has 0 radical (unpaired) electrons. The number of aliphatic hydroxyl groups is 1. The van der Waals surface area contributed by atoms with E-state index < -0.39 is 0 Å². The zero-order valence-corrected chi connectivity index (χ0v) is 21.5. The van der Waals surface area contributed by atoms with Gasteiger partial charge in [-0.15, -0.1) is 24.0 Å². The van der Waals surface area contributed by atoms with Gasteiger partial charge in [0.25, 0.3) is 0 Å². The number of hydrogen-bond acceptors (Lipinski definition) is 3. The molecule has 0 heterocycles. The summed E-state index contributed by atoms with van der Waals surface area (Å²) in [5.41, 5.74) is 2.30. The van der Waals surface area contributed by atoms with Crippen molar-refractivity contribution in [1.82, 2.24) is 10.6 Å². The highest BCUT2D eigenvalue weighted by molar-refractivity contribution is 14.0. The first-order chi connectivity index (χ1) is 13.3. The molecule has 0 aliphatic heterocycles. The Balaban J connectivity index is 0.00000784. The van der Waals surface area contributed by atoms with E-state index in [1.165, 1.54) is 11.1 Å². The normalized spacial score (nSPS) is 12.4. The Hall–Kier alpha value is -0.860. The van der Waals surface area contributed by atoms with E-state index in [-0.39, 0.29) is 41.6 Å². The van der Waals surface area contributed by atoms with Gasteiger partial charge in [0.05, 0.1) is 18.8 Å². The second-order valence-corrected chi connectivity index (χ2v) is 8.45. The lowest BCUT2D eigenvalue weighted by Crippen LogP contribution is -2.43. The lowest BCUT2D eigenvalue weighted by molar-refractivity contribution is -0.0149. The van der Waals surface area contributed by atoms with E-state index >= 15 is 0 Å². The smallest absolute Gasteiger partial charge is 0.191 e. The van der Waals surface area contributed by atoms with Crippen LogP contribution in [0.1, 0.15) is 71.9 Å². The molecule has 0 unspecified atom stereocenters. The monoisotopic (exact) mass is 519 g/mol. The third-order valence-electron chi connectivity index (χ3n) is 5.20. The fourth-order valence-electron chi connectivity index (χ4n) is 3.08. The van der Waals surface area contributed by atoms with Gasteiger partial charge in [-0.2, -0.15) is 0 Å². The van der Waals surface area contributed by atoms with Gasteiger partial charge in [0.15, 0.2) is 5.96 Å². The minimum atomic E-state index is -0.143. The van der Waals surface area contributed by atoms with Crippen LogP contribution in [0.5, 0.6) is 0 Å². The molecule has 0 bridgehead atoms. The Labute approximate surface area is 195 Å². The van der Waals surface area contributed by atoms with Crippen LogP contribution in [-0.2, 0) is 17.9 Å². The van der Waals surface area contributed by atoms with Gasteiger partial charge in [0, 0.05) is 19.7 Å². The number of benzene rings is 1. The first kappa shape index (κ1) is 28.1. The number of aliphatic hydroxyl groups excluding tert-OH is 1. The van der Waals surface area contributed by atoms with Crippen molar-refractivity contribution in [1.29, 1.82) is 0 Å². The zero-order valence-electron chi connectivity index (χ0n) is 19.2. The van der Waals surface area contributed by atoms with Crippen molar-refractivity contribution in [2.45, 2.75) is 79.6 Å². The molecular formula is C23H42IN3O2. The average Bonchev–Trinajstić information content (AvgIpc) is 2.67. The van der Waals surface area contributed by atoms with Gasteiger partial charge in [0.1, 0.15) is 0 Å². The van der Waals surface area contributed by atoms with Crippen molar-refractivity contribution >= 4 is 29.9 Å². The van der Waals surface area contributed by atoms with Crippen LogP contribution < -0.4 is 10.6 Å². The SMILES string of the molecule is CCNC(=NCc1cccc(COC(C)(C)C)c1)NCC(CC)(CC)CCO.I. The van der Waals surface area contributed by atoms with Crippen molar-refractivity contribution in [3.05, 3.63) is 35.4 Å². The average molecular weight is 520 g/mol. The van der Waals surface area contributed by atoms with Crippen molar-refractivity contribution in [2.75, 3.05) is 19.7 Å². The van der Waals surface area contributed by atoms with E-state index in [0.717, 1.165) is 38.3 Å². The quantitative estimate of drug-likeness (QED) is 0.222. The van der Waals surface area contributed by atoms with E-state index in [0.29, 0.717) is 13.2 Å². The van der Waals surface area contributed by atoms with E-state index in [2.05, 4.69) is 76.4 Å². The molecule has 0 aliphatic carbocycles. The Morgan fingerprint density at radius 3 is 2.28 bits per heavy atom. The fraction of sp³-hybridized carbons (Fsp3) is 0.696. The molecule has 3 N–H and O–H groups in total. The molecule has 168 valence electrons. The zero-order chi connectivity index (χ0) is 21.0. The maximum Gasteiger partial charge on any atom is 0.191 e. The standard InChI is InChI=1S/C23H41N3O2.HI/c1-7-23(8-2,13-14-27)18-26-21(24-9-3)25-16-19-11-10-12-20(15-19)17-28-22(4,5)6;/h10-12,15,27H,7-9,13-14,16-18H2,1-6H3,(H2,24,25,26);1H. The summed E-state index contributed by atoms with van der Waals surface area (Å²) in [6.45, 7) is 15.7. The Morgan fingerprint density at radius 1 is 1.07 bits per heavy atom. The van der Waals surface area contributed by atoms with Crippen LogP contribution in [-0.4, -0.2) is 36.4 Å². The van der Waals surface area contributed by atoms with Gasteiger partial charge in [0.2, 0.25) is 0 Å². The number of halogens is 1. The molecule has 0 saturated heterocycles. The molecule has 0 amide bonds. The van der Waals surface area contributed by atoms with Gasteiger partial charge in [-0.05, 0) is 63.5 Å². The van der Waals surface area contributed by atoms with Crippen LogP contribution in [0.15, 0.2) is 29.3 Å². The molecule has 29 heavy (non-hydrogen) atoms. The number of ether oxygens (including phenoxy) is 1. The summed E-state index contributed by atoms with van der Waals surface area (Å²) in [6.07, 6.45) is 2.88. The third kappa shape index (κ3) is 11.2. The maximum absolute atomic E-state index is 9.42. The summed E-state index contributed by atoms with van der Waals surface area (Å²) in [7, 11) is 0. The molecule has 1 aromatic rings. The highest BCUT2D eigenvalue weighted by Crippen LogP contribution is 2.29. The fourth-order valence-corrected chi connectivity index (χ4v) is 3.08. The number of guanidine groups is 1. The minimum Gasteiger partial charge on any atom is -0.396 e. The molecule has 0 aromatic heterocycles. The van der Waals surface area contributed by atoms with Crippen molar-refractivity contribution < 1.29 is 9.84 Å². The summed E-state index contributed by atoms with van der Waals surface area (Å²) in [6, 6.07) is 8.41. The number of rotatable bonds is 11. The Morgan fingerprint density at radius 2 is 1.72 bits per heavy atom. The highest BCUT2D eigenvalue weighted by atomic mass is 127. The van der Waals surface area contributed by atoms with E-state index in [1.807, 2.05) is 0 Å². The van der Waals surface area contributed by atoms with E-state index in [1.54, 1.807) is 0 Å². The summed E-state index contributed by atoms with van der Waals surface area (Å²) < 4.78 is 5.88. The number of nitrogens with one attached hydrogen (secondary N) is 2. The first-order valence-electron chi connectivity index (χ1n) is 10.6. The van der Waals surface area contributed by atoms with Gasteiger partial charge in [-0.1, -0.05) is 38.1 Å². The molecule has 0 saturated carbocycles. The molecule has 1 rings (SSSR count). The topological polar surface area (TPSA) is 65.9 Å². The van der Waals surface area contributed by atoms with Crippen molar-refractivity contribution in [2.24, 2.45) is 10.4 Å². The molecule has 0 aliphatic rings. The van der Waals surface area contributed by atoms with Gasteiger partial charge >= 0.3 is 0 Å². The number of hydrogen-bond donors (Lipinski definition) is 3. The summed E-state index contributed by atoms with van der Waals surface area (Å²) in [4.78, 5) is 4.76. The second kappa shape index (κ2) is 14.2. The summed E-state index contributed by atoms with van der Waals surface area (Å²) in [5, 5.41) is 16.2. The van der Waals surface area contributed by atoms with E-state index in [4.69, 9.17) is 9.73 Å². The van der Waals surface area contributed by atoms with Gasteiger partial charge < -0.3 is 20.5 Å². The molecule has 5 nitrogen and oxygen atoms in total. The van der Waals surface area contributed by atoms with Crippen LogP contribution in [0, 0.1) is 5.41 Å². The van der Waals surface area contributed by atoms with Crippen molar-refractivity contribution in [3.8, 4) is 0 Å². The Bertz CT molecular complexity index is 596. The van der Waals surface area contributed by atoms with Crippen LogP contribution in [0.4, 0.5) is 0 Å². The third-order valence-corrected chi connectivity index (χ3v) is 5.20. The minimum absolute atomic E-state index is 0. The molecule has 1 aromatic carbocycles. The predicted octanol–water partition coefficient (Wildman–Crippen LogP) is 4.86. The van der Waals surface area contributed by atoms with Crippen molar-refractivity contribution in [3.63, 3.8) is 0 Å². The predicted molar refractivity (Wildman–Crippen MR) is 134 cm³/mol. The second-order valence-electron chi connectivity index (χ2n) is 8.45. The molecule has 0 spiro atoms. The lowest BCUT2D eigenvalue weighted by Gasteiger charge is -2.32. The summed E-state index contributed by atoms with van der Waals surface area (Å²) in [5.74, 6) is 0.822. The van der Waals surface area contributed by atoms with Gasteiger partial charge in [-0.25, -0.2) is 4.99 Å². The van der Waals surface area contributed by atoms with Crippen LogP contribution in [0.3, 0.4) is 0 Å². The van der Waals surface area contributed by atoms with Crippen LogP contribution in [0.2, 0.25) is 0 Å². The lowest BCUT2D eigenvalue weighted by atomic mass is 9.79. The first-order valence-corrected chi connectivity index (χ1v) is 10.6. The molecule has 0 fully saturated rings.